The molecule has 1 spiro atoms. The Morgan fingerprint density at radius 3 is 2.62 bits per heavy atom. The second-order valence-corrected chi connectivity index (χ2v) is 11.8. The summed E-state index contributed by atoms with van der Waals surface area (Å²) in [6.07, 6.45) is 8.86. The summed E-state index contributed by atoms with van der Waals surface area (Å²) in [4.78, 5) is 25.4. The Kier molecular flexibility index (Phi) is 3.68. The van der Waals surface area contributed by atoms with Gasteiger partial charge in [-0.25, -0.2) is 4.79 Å². The van der Waals surface area contributed by atoms with Gasteiger partial charge in [0.05, 0.1) is 28.8 Å². The zero-order chi connectivity index (χ0) is 22.1. The van der Waals surface area contributed by atoms with Crippen LogP contribution in [0.5, 0.6) is 0 Å². The van der Waals surface area contributed by atoms with Gasteiger partial charge in [0.2, 0.25) is 0 Å². The van der Waals surface area contributed by atoms with E-state index < -0.39 is 28.0 Å². The first-order valence-corrected chi connectivity index (χ1v) is 12.3. The molecule has 10 atom stereocenters. The van der Waals surface area contributed by atoms with Crippen molar-refractivity contribution >= 4 is 12.3 Å². The Morgan fingerprint density at radius 1 is 1.09 bits per heavy atom. The van der Waals surface area contributed by atoms with Crippen LogP contribution in [0.3, 0.4) is 0 Å². The third-order valence-electron chi connectivity index (χ3n) is 10.9. The van der Waals surface area contributed by atoms with Crippen LogP contribution in [0.15, 0.2) is 11.6 Å². The number of aldehydes is 1. The van der Waals surface area contributed by atoms with Crippen LogP contribution in [0.1, 0.15) is 65.2 Å². The van der Waals surface area contributed by atoms with Crippen molar-refractivity contribution in [2.45, 2.75) is 94.6 Å². The fraction of sp³-hybridized carbons (Fsp3) is 0.840. The molecule has 0 radical (unpaired) electrons. The summed E-state index contributed by atoms with van der Waals surface area (Å²) in [5.74, 6) is -1.31. The number of cyclic esters (lactones) is 1. The minimum absolute atomic E-state index is 0.00341. The van der Waals surface area contributed by atoms with Crippen LogP contribution in [-0.4, -0.2) is 53.4 Å². The lowest BCUT2D eigenvalue weighted by Gasteiger charge is -2.73. The summed E-state index contributed by atoms with van der Waals surface area (Å²) in [5.41, 5.74) is -1.91. The smallest absolute Gasteiger partial charge is 0.334 e. The summed E-state index contributed by atoms with van der Waals surface area (Å²) in [6, 6.07) is 0. The number of ether oxygens (including phenoxy) is 4. The number of carbonyl (C=O) groups is 2. The van der Waals surface area contributed by atoms with Crippen molar-refractivity contribution in [1.82, 2.24) is 0 Å². The Hall–Kier alpha value is -1.28. The maximum Gasteiger partial charge on any atom is 0.334 e. The van der Waals surface area contributed by atoms with E-state index in [0.717, 1.165) is 50.4 Å². The van der Waals surface area contributed by atoms with E-state index in [4.69, 9.17) is 18.9 Å². The molecule has 4 aliphatic heterocycles. The van der Waals surface area contributed by atoms with Crippen molar-refractivity contribution < 1.29 is 33.6 Å². The molecule has 4 bridgehead atoms. The topological polar surface area (TPSA) is 91.3 Å². The minimum atomic E-state index is -1.07. The Balaban J connectivity index is 1.30. The average molecular weight is 445 g/mol. The first kappa shape index (κ1) is 20.1. The van der Waals surface area contributed by atoms with E-state index in [-0.39, 0.29) is 35.9 Å². The highest BCUT2D eigenvalue weighted by Crippen LogP contribution is 2.73. The standard InChI is InChI=1S/C25H32O7/c1-21-7-3-17-18(25(21,28)9-5-16(21)15-6-10-29-20(15)27)4-8-23-12-14-11-19(24(17,23)13-26)31-22(2,30-14)32-23/h6,13-14,16-19,28H,3-5,7-12H2,1-2H3. The maximum absolute atomic E-state index is 13.0. The molecule has 7 fully saturated rings. The molecule has 1 N–H and O–H groups in total. The molecule has 0 aromatic heterocycles. The first-order chi connectivity index (χ1) is 15.2. The molecule has 0 amide bonds. The molecule has 7 heteroatoms. The van der Waals surface area contributed by atoms with Crippen molar-refractivity contribution in [2.75, 3.05) is 6.61 Å². The monoisotopic (exact) mass is 444 g/mol. The van der Waals surface area contributed by atoms with Crippen molar-refractivity contribution in [3.63, 3.8) is 0 Å². The molecular weight excluding hydrogens is 412 g/mol. The van der Waals surface area contributed by atoms with E-state index in [2.05, 4.69) is 6.92 Å². The lowest BCUT2D eigenvalue weighted by Crippen LogP contribution is -2.81. The predicted octanol–water partition coefficient (Wildman–Crippen LogP) is 2.64. The second kappa shape index (κ2) is 5.85. The van der Waals surface area contributed by atoms with Gasteiger partial charge in [-0.2, -0.15) is 0 Å². The fourth-order valence-electron chi connectivity index (χ4n) is 9.75. The van der Waals surface area contributed by atoms with Crippen LogP contribution in [0, 0.1) is 28.6 Å². The molecule has 3 saturated heterocycles. The third kappa shape index (κ3) is 2.01. The van der Waals surface area contributed by atoms with Crippen molar-refractivity contribution in [3.8, 4) is 0 Å². The summed E-state index contributed by atoms with van der Waals surface area (Å²) < 4.78 is 24.0. The SMILES string of the molecule is CC12OC3CC(O1)C1(C=O)C4CCC5(C)C(C6=CCOC6=O)CCC5(O)C4CCC1(C3)O2. The van der Waals surface area contributed by atoms with Crippen molar-refractivity contribution in [1.29, 1.82) is 0 Å². The van der Waals surface area contributed by atoms with Gasteiger partial charge in [-0.15, -0.1) is 0 Å². The van der Waals surface area contributed by atoms with Gasteiger partial charge in [-0.05, 0) is 62.4 Å². The van der Waals surface area contributed by atoms with Crippen LogP contribution in [0.2, 0.25) is 0 Å². The highest BCUT2D eigenvalue weighted by Gasteiger charge is 2.79. The molecule has 4 aliphatic carbocycles. The van der Waals surface area contributed by atoms with Gasteiger partial charge in [-0.3, -0.25) is 0 Å². The van der Waals surface area contributed by atoms with Crippen LogP contribution in [-0.2, 0) is 28.5 Å². The van der Waals surface area contributed by atoms with Gasteiger partial charge < -0.3 is 28.8 Å². The van der Waals surface area contributed by atoms with E-state index >= 15 is 0 Å². The molecule has 0 aromatic carbocycles. The molecular formula is C25H32O7. The van der Waals surface area contributed by atoms with Gasteiger partial charge in [0.15, 0.2) is 0 Å². The molecule has 8 rings (SSSR count). The second-order valence-electron chi connectivity index (χ2n) is 11.8. The highest BCUT2D eigenvalue weighted by molar-refractivity contribution is 5.91. The number of fused-ring (bicyclic) bond motifs is 3. The maximum atomic E-state index is 13.0. The van der Waals surface area contributed by atoms with Crippen LogP contribution >= 0.6 is 0 Å². The van der Waals surface area contributed by atoms with E-state index in [9.17, 15) is 14.7 Å². The van der Waals surface area contributed by atoms with Gasteiger partial charge >= 0.3 is 5.97 Å². The van der Waals surface area contributed by atoms with Crippen molar-refractivity contribution in [3.05, 3.63) is 11.6 Å². The molecule has 32 heavy (non-hydrogen) atoms. The molecule has 0 aromatic rings. The Bertz CT molecular complexity index is 947. The zero-order valence-electron chi connectivity index (χ0n) is 18.8. The lowest BCUT2D eigenvalue weighted by molar-refractivity contribution is -0.542. The van der Waals surface area contributed by atoms with E-state index in [0.29, 0.717) is 19.4 Å². The van der Waals surface area contributed by atoms with E-state index in [1.54, 1.807) is 0 Å². The number of hydrogen-bond donors (Lipinski definition) is 1. The summed E-state index contributed by atoms with van der Waals surface area (Å²) in [6.45, 7) is 4.32. The highest BCUT2D eigenvalue weighted by atomic mass is 16.9. The Morgan fingerprint density at radius 2 is 1.91 bits per heavy atom. The molecule has 4 heterocycles. The summed E-state index contributed by atoms with van der Waals surface area (Å²) in [5, 5.41) is 12.4. The summed E-state index contributed by atoms with van der Waals surface area (Å²) >= 11 is 0. The van der Waals surface area contributed by atoms with Gasteiger partial charge in [-0.1, -0.05) is 6.92 Å². The van der Waals surface area contributed by atoms with Gasteiger partial charge in [0.25, 0.3) is 5.97 Å². The predicted molar refractivity (Wildman–Crippen MR) is 110 cm³/mol. The molecule has 174 valence electrons. The van der Waals surface area contributed by atoms with Crippen LogP contribution in [0.4, 0.5) is 0 Å². The number of rotatable bonds is 2. The fourth-order valence-corrected chi connectivity index (χ4v) is 9.75. The van der Waals surface area contributed by atoms with Crippen LogP contribution in [0.25, 0.3) is 0 Å². The minimum Gasteiger partial charge on any atom is -0.458 e. The van der Waals surface area contributed by atoms with Gasteiger partial charge in [0.1, 0.15) is 12.9 Å². The van der Waals surface area contributed by atoms with Gasteiger partial charge in [0, 0.05) is 30.8 Å². The average Bonchev–Trinajstić information content (AvgIpc) is 3.26. The molecule has 4 saturated carbocycles. The number of aliphatic hydroxyl groups is 1. The number of esters is 1. The first-order valence-electron chi connectivity index (χ1n) is 12.3. The lowest BCUT2D eigenvalue weighted by atomic mass is 9.40. The van der Waals surface area contributed by atoms with Crippen molar-refractivity contribution in [2.24, 2.45) is 28.6 Å². The zero-order valence-corrected chi connectivity index (χ0v) is 18.8. The summed E-state index contributed by atoms with van der Waals surface area (Å²) in [7, 11) is 0. The quantitative estimate of drug-likeness (QED) is 0.517. The largest absolute Gasteiger partial charge is 0.458 e. The Labute approximate surface area is 187 Å². The normalized spacial score (nSPS) is 59.8. The van der Waals surface area contributed by atoms with E-state index in [1.165, 1.54) is 0 Å². The molecule has 7 nitrogen and oxygen atoms in total. The molecule has 10 unspecified atom stereocenters. The third-order valence-corrected chi connectivity index (χ3v) is 10.9. The number of hydrogen-bond acceptors (Lipinski definition) is 7. The van der Waals surface area contributed by atoms with E-state index in [1.807, 2.05) is 13.0 Å². The number of carbonyl (C=O) groups excluding carboxylic acids is 2. The van der Waals surface area contributed by atoms with Crippen LogP contribution < -0.4 is 0 Å². The molecule has 8 aliphatic rings.